The first-order chi connectivity index (χ1) is 17.5. The molecule has 2 fully saturated rings. The summed E-state index contributed by atoms with van der Waals surface area (Å²) in [6.45, 7) is 5.53. The van der Waals surface area contributed by atoms with Gasteiger partial charge in [0.25, 0.3) is 0 Å². The molecule has 2 aromatic rings. The highest BCUT2D eigenvalue weighted by molar-refractivity contribution is 5.70. The molecule has 36 heavy (non-hydrogen) atoms. The molecule has 3 aliphatic rings. The highest BCUT2D eigenvalue weighted by Crippen LogP contribution is 2.54. The fourth-order valence-electron chi connectivity index (χ4n) is 6.83. The lowest BCUT2D eigenvalue weighted by molar-refractivity contribution is -0.00804. The molecule has 0 spiro atoms. The molecule has 0 unspecified atom stereocenters. The summed E-state index contributed by atoms with van der Waals surface area (Å²) in [5, 5.41) is 14.1. The van der Waals surface area contributed by atoms with Gasteiger partial charge in [-0.05, 0) is 106 Å². The second-order valence-electron chi connectivity index (χ2n) is 10.8. The zero-order valence-electron chi connectivity index (χ0n) is 21.4. The number of hydrogen-bond acceptors (Lipinski definition) is 4. The second-order valence-corrected chi connectivity index (χ2v) is 10.8. The number of fused-ring (bicyclic) bond motifs is 3. The Morgan fingerprint density at radius 3 is 2.75 bits per heavy atom. The van der Waals surface area contributed by atoms with Crippen LogP contribution in [0.1, 0.15) is 62.1 Å². The van der Waals surface area contributed by atoms with E-state index in [1.165, 1.54) is 29.5 Å². The number of nitrogens with zero attached hydrogens (tertiary/aromatic N) is 1. The van der Waals surface area contributed by atoms with Gasteiger partial charge in [-0.2, -0.15) is 0 Å². The molecule has 3 atom stereocenters. The summed E-state index contributed by atoms with van der Waals surface area (Å²) in [6, 6.07) is 16.9. The molecule has 0 aromatic heterocycles. The first-order valence-corrected chi connectivity index (χ1v) is 13.5. The number of amides is 1. The zero-order valence-corrected chi connectivity index (χ0v) is 21.4. The lowest BCUT2D eigenvalue weighted by atomic mass is 9.52. The average Bonchev–Trinajstić information content (AvgIpc) is 3.39. The highest BCUT2D eigenvalue weighted by atomic mass is 16.6. The predicted octanol–water partition coefficient (Wildman–Crippen LogP) is 4.85. The maximum atomic E-state index is 12.4. The van der Waals surface area contributed by atoms with Gasteiger partial charge in [0.15, 0.2) is 0 Å². The number of hydrogen-bond donors (Lipinski definition) is 2. The van der Waals surface area contributed by atoms with E-state index in [0.29, 0.717) is 31.1 Å². The minimum Gasteiger partial charge on any atom is -0.410 e. The molecule has 1 heterocycles. The number of carbonyl (C=O) groups is 1. The van der Waals surface area contributed by atoms with Gasteiger partial charge in [0, 0.05) is 18.5 Å². The Balaban J connectivity index is 1.34. The van der Waals surface area contributed by atoms with Gasteiger partial charge in [0.1, 0.15) is 11.4 Å². The Kier molecular flexibility index (Phi) is 7.37. The third-order valence-corrected chi connectivity index (χ3v) is 8.55. The quantitative estimate of drug-likeness (QED) is 0.573. The van der Waals surface area contributed by atoms with E-state index in [1.807, 2.05) is 13.0 Å². The minimum atomic E-state index is -0.896. The summed E-state index contributed by atoms with van der Waals surface area (Å²) in [6.07, 6.45) is 7.24. The standard InChI is InChI=1S/C31H38N2O3/c1-2-14-30(35)15-16-31(22-24-8-4-3-5-9-24)26(23-30)11-10-25-21-27(12-13-28(25)31)36-29(34)32-17-20-33-18-6-7-19-33/h3-5,8-9,12-13,21,26,35H,6-7,10-11,15-20,22-23H2,1H3,(H,32,34)/t26-,30+,31+/m0/s1. The van der Waals surface area contributed by atoms with Crippen LogP contribution in [0.5, 0.6) is 5.75 Å². The highest BCUT2D eigenvalue weighted by Gasteiger charge is 2.51. The van der Waals surface area contributed by atoms with Crippen molar-refractivity contribution >= 4 is 6.09 Å². The third-order valence-electron chi connectivity index (χ3n) is 8.55. The van der Waals surface area contributed by atoms with Crippen LogP contribution in [0.3, 0.4) is 0 Å². The van der Waals surface area contributed by atoms with Crippen molar-refractivity contribution in [3.8, 4) is 17.6 Å². The van der Waals surface area contributed by atoms with Gasteiger partial charge in [-0.1, -0.05) is 42.3 Å². The van der Waals surface area contributed by atoms with Crippen LogP contribution in [0.25, 0.3) is 0 Å². The third kappa shape index (κ3) is 5.31. The molecule has 2 N–H and O–H groups in total. The molecule has 0 radical (unpaired) electrons. The largest absolute Gasteiger partial charge is 0.412 e. The molecule has 1 aliphatic heterocycles. The van der Waals surface area contributed by atoms with E-state index in [0.717, 1.165) is 45.3 Å². The molecular formula is C31H38N2O3. The summed E-state index contributed by atoms with van der Waals surface area (Å²) in [4.78, 5) is 14.8. The first-order valence-electron chi connectivity index (χ1n) is 13.5. The van der Waals surface area contributed by atoms with Gasteiger partial charge in [-0.15, -0.1) is 5.92 Å². The molecule has 190 valence electrons. The van der Waals surface area contributed by atoms with Gasteiger partial charge in [0.2, 0.25) is 0 Å². The Labute approximate surface area is 215 Å². The maximum absolute atomic E-state index is 12.4. The van der Waals surface area contributed by atoms with Crippen molar-refractivity contribution in [1.82, 2.24) is 10.2 Å². The van der Waals surface area contributed by atoms with E-state index < -0.39 is 5.60 Å². The lowest BCUT2D eigenvalue weighted by Gasteiger charge is -2.52. The van der Waals surface area contributed by atoms with E-state index in [9.17, 15) is 9.90 Å². The Bertz CT molecular complexity index is 1130. The van der Waals surface area contributed by atoms with Crippen molar-refractivity contribution in [2.45, 2.75) is 69.3 Å². The van der Waals surface area contributed by atoms with Crippen molar-refractivity contribution < 1.29 is 14.6 Å². The normalized spacial score (nSPS) is 27.3. The Morgan fingerprint density at radius 2 is 1.97 bits per heavy atom. The number of aliphatic hydroxyl groups is 1. The van der Waals surface area contributed by atoms with E-state index in [4.69, 9.17) is 4.74 Å². The summed E-state index contributed by atoms with van der Waals surface area (Å²) in [5.74, 6) is 7.01. The van der Waals surface area contributed by atoms with Crippen molar-refractivity contribution in [3.63, 3.8) is 0 Å². The fraction of sp³-hybridized carbons (Fsp3) is 0.516. The smallest absolute Gasteiger partial charge is 0.410 e. The van der Waals surface area contributed by atoms with E-state index >= 15 is 0 Å². The average molecular weight is 487 g/mol. The van der Waals surface area contributed by atoms with E-state index in [2.05, 4.69) is 64.5 Å². The monoisotopic (exact) mass is 486 g/mol. The molecule has 5 nitrogen and oxygen atoms in total. The maximum Gasteiger partial charge on any atom is 0.412 e. The molecule has 2 aliphatic carbocycles. The molecule has 1 saturated heterocycles. The van der Waals surface area contributed by atoms with Crippen molar-refractivity contribution in [2.24, 2.45) is 5.92 Å². The summed E-state index contributed by atoms with van der Waals surface area (Å²) in [7, 11) is 0. The SMILES string of the molecule is CC#C[C@@]1(O)CC[C@]2(Cc3ccccc3)c3ccc(OC(=O)NCCN4CCCC4)cc3CC[C@H]2C1. The van der Waals surface area contributed by atoms with Crippen LogP contribution in [-0.2, 0) is 18.3 Å². The van der Waals surface area contributed by atoms with Crippen LogP contribution in [0.15, 0.2) is 48.5 Å². The van der Waals surface area contributed by atoms with Gasteiger partial charge < -0.3 is 20.1 Å². The number of benzene rings is 2. The lowest BCUT2D eigenvalue weighted by Crippen LogP contribution is -2.50. The molecule has 1 amide bonds. The van der Waals surface area contributed by atoms with Crippen LogP contribution in [0.4, 0.5) is 4.79 Å². The van der Waals surface area contributed by atoms with Crippen molar-refractivity contribution in [2.75, 3.05) is 26.2 Å². The van der Waals surface area contributed by atoms with Crippen molar-refractivity contribution in [1.29, 1.82) is 0 Å². The van der Waals surface area contributed by atoms with Gasteiger partial charge in [-0.25, -0.2) is 4.79 Å². The van der Waals surface area contributed by atoms with Gasteiger partial charge >= 0.3 is 6.09 Å². The number of carbonyl (C=O) groups excluding carboxylic acids is 1. The number of likely N-dealkylation sites (tertiary alicyclic amines) is 1. The number of rotatable bonds is 6. The fourth-order valence-corrected chi connectivity index (χ4v) is 6.83. The second kappa shape index (κ2) is 10.7. The van der Waals surface area contributed by atoms with Crippen LogP contribution in [-0.4, -0.2) is 47.9 Å². The molecule has 1 saturated carbocycles. The minimum absolute atomic E-state index is 0.0485. The topological polar surface area (TPSA) is 61.8 Å². The Morgan fingerprint density at radius 1 is 1.17 bits per heavy atom. The zero-order chi connectivity index (χ0) is 25.0. The van der Waals surface area contributed by atoms with Gasteiger partial charge in [0.05, 0.1) is 0 Å². The number of ether oxygens (including phenoxy) is 1. The number of aryl methyl sites for hydroxylation is 1. The molecule has 0 bridgehead atoms. The summed E-state index contributed by atoms with van der Waals surface area (Å²) < 4.78 is 5.67. The predicted molar refractivity (Wildman–Crippen MR) is 142 cm³/mol. The summed E-state index contributed by atoms with van der Waals surface area (Å²) in [5.41, 5.74) is 2.98. The molecular weight excluding hydrogens is 448 g/mol. The first kappa shape index (κ1) is 24.9. The van der Waals surface area contributed by atoms with Crippen LogP contribution >= 0.6 is 0 Å². The van der Waals surface area contributed by atoms with Crippen LogP contribution in [0.2, 0.25) is 0 Å². The van der Waals surface area contributed by atoms with Crippen LogP contribution < -0.4 is 10.1 Å². The van der Waals surface area contributed by atoms with Gasteiger partial charge in [-0.3, -0.25) is 0 Å². The Hall–Kier alpha value is -2.81. The molecule has 2 aromatic carbocycles. The molecule has 5 rings (SSSR count). The number of nitrogens with one attached hydrogen (secondary N) is 1. The molecule has 5 heteroatoms. The van der Waals surface area contributed by atoms with Crippen LogP contribution in [0, 0.1) is 17.8 Å². The van der Waals surface area contributed by atoms with E-state index in [-0.39, 0.29) is 11.5 Å². The summed E-state index contributed by atoms with van der Waals surface area (Å²) >= 11 is 0. The van der Waals surface area contributed by atoms with E-state index in [1.54, 1.807) is 0 Å². The van der Waals surface area contributed by atoms with Crippen molar-refractivity contribution in [3.05, 3.63) is 65.2 Å².